The molecule has 2 heterocycles. The molecule has 5 nitrogen and oxygen atoms in total. The van der Waals surface area contributed by atoms with Gasteiger partial charge in [0.15, 0.2) is 0 Å². The van der Waals surface area contributed by atoms with E-state index in [-0.39, 0.29) is 34.7 Å². The van der Waals surface area contributed by atoms with Gasteiger partial charge in [-0.1, -0.05) is 26.0 Å². The SMILES string of the molecule is CC(C)c1ccc(C(=O)N2CCCC[C@@H]2CCc2ccc(O)cc2)c(=O)[nH]1. The Kier molecular flexibility index (Phi) is 5.99. The van der Waals surface area contributed by atoms with Crippen LogP contribution in [-0.4, -0.2) is 33.5 Å². The van der Waals surface area contributed by atoms with Gasteiger partial charge in [-0.3, -0.25) is 9.59 Å². The fourth-order valence-corrected chi connectivity index (χ4v) is 3.71. The number of phenols is 1. The third kappa shape index (κ3) is 4.59. The van der Waals surface area contributed by atoms with Gasteiger partial charge in [-0.15, -0.1) is 0 Å². The summed E-state index contributed by atoms with van der Waals surface area (Å²) >= 11 is 0. The molecule has 1 aliphatic rings. The van der Waals surface area contributed by atoms with Crippen molar-refractivity contribution in [2.75, 3.05) is 6.54 Å². The van der Waals surface area contributed by atoms with Gasteiger partial charge in [0, 0.05) is 18.3 Å². The maximum atomic E-state index is 13.0. The van der Waals surface area contributed by atoms with Crippen LogP contribution >= 0.6 is 0 Å². The molecule has 1 atom stereocenters. The Balaban J connectivity index is 1.73. The number of rotatable bonds is 5. The quantitative estimate of drug-likeness (QED) is 0.842. The van der Waals surface area contributed by atoms with Crippen LogP contribution in [0.5, 0.6) is 5.75 Å². The van der Waals surface area contributed by atoms with E-state index in [0.717, 1.165) is 43.4 Å². The van der Waals surface area contributed by atoms with E-state index in [1.54, 1.807) is 18.2 Å². The number of nitrogens with one attached hydrogen (secondary N) is 1. The molecule has 1 saturated heterocycles. The van der Waals surface area contributed by atoms with Gasteiger partial charge in [-0.05, 0) is 67.9 Å². The van der Waals surface area contributed by atoms with Gasteiger partial charge in [0.2, 0.25) is 0 Å². The summed E-state index contributed by atoms with van der Waals surface area (Å²) in [6.45, 7) is 4.72. The lowest BCUT2D eigenvalue weighted by atomic mass is 9.95. The molecule has 144 valence electrons. The summed E-state index contributed by atoms with van der Waals surface area (Å²) < 4.78 is 0. The zero-order valence-electron chi connectivity index (χ0n) is 16.1. The van der Waals surface area contributed by atoms with Crippen molar-refractivity contribution < 1.29 is 9.90 Å². The monoisotopic (exact) mass is 368 g/mol. The number of hydrogen-bond donors (Lipinski definition) is 2. The van der Waals surface area contributed by atoms with E-state index in [1.165, 1.54) is 0 Å². The van der Waals surface area contributed by atoms with Gasteiger partial charge < -0.3 is 15.0 Å². The van der Waals surface area contributed by atoms with Crippen molar-refractivity contribution in [3.63, 3.8) is 0 Å². The van der Waals surface area contributed by atoms with Crippen molar-refractivity contribution in [3.05, 3.63) is 63.6 Å². The maximum absolute atomic E-state index is 13.0. The second kappa shape index (κ2) is 8.42. The lowest BCUT2D eigenvalue weighted by Crippen LogP contribution is -2.45. The number of carbonyl (C=O) groups is 1. The van der Waals surface area contributed by atoms with E-state index in [9.17, 15) is 14.7 Å². The molecule has 2 aromatic rings. The number of carbonyl (C=O) groups excluding carboxylic acids is 1. The highest BCUT2D eigenvalue weighted by molar-refractivity contribution is 5.94. The van der Waals surface area contributed by atoms with Crippen LogP contribution in [0.4, 0.5) is 0 Å². The van der Waals surface area contributed by atoms with Crippen molar-refractivity contribution in [1.29, 1.82) is 0 Å². The standard InChI is InChI=1S/C22H28N2O3/c1-15(2)20-13-12-19(21(26)23-20)22(27)24-14-4-3-5-17(24)9-6-16-7-10-18(25)11-8-16/h7-8,10-13,15,17,25H,3-6,9,14H2,1-2H3,(H,23,26)/t17-/m1/s1. The average molecular weight is 368 g/mol. The van der Waals surface area contributed by atoms with Crippen LogP contribution in [0, 0.1) is 0 Å². The predicted octanol–water partition coefficient (Wildman–Crippen LogP) is 3.83. The van der Waals surface area contributed by atoms with Crippen LogP contribution in [0.3, 0.4) is 0 Å². The van der Waals surface area contributed by atoms with E-state index < -0.39 is 0 Å². The first-order valence-corrected chi connectivity index (χ1v) is 9.78. The molecule has 1 aromatic heterocycles. The minimum absolute atomic E-state index is 0.143. The first-order valence-electron chi connectivity index (χ1n) is 9.78. The number of aromatic hydroxyl groups is 1. The molecule has 1 amide bonds. The molecule has 5 heteroatoms. The number of phenolic OH excluding ortho intramolecular Hbond substituents is 1. The fourth-order valence-electron chi connectivity index (χ4n) is 3.71. The van der Waals surface area contributed by atoms with E-state index in [0.29, 0.717) is 6.54 Å². The predicted molar refractivity (Wildman–Crippen MR) is 106 cm³/mol. The van der Waals surface area contributed by atoms with Crippen LogP contribution in [-0.2, 0) is 6.42 Å². The largest absolute Gasteiger partial charge is 0.508 e. The topological polar surface area (TPSA) is 73.4 Å². The second-order valence-corrected chi connectivity index (χ2v) is 7.66. The number of nitrogens with zero attached hydrogens (tertiary/aromatic N) is 1. The molecule has 2 N–H and O–H groups in total. The molecule has 1 aromatic carbocycles. The number of hydrogen-bond acceptors (Lipinski definition) is 3. The number of piperidine rings is 1. The number of pyridine rings is 1. The van der Waals surface area contributed by atoms with Crippen LogP contribution < -0.4 is 5.56 Å². The molecular weight excluding hydrogens is 340 g/mol. The minimum atomic E-state index is -0.297. The molecule has 0 bridgehead atoms. The molecular formula is C22H28N2O3. The van der Waals surface area contributed by atoms with Gasteiger partial charge in [0.1, 0.15) is 11.3 Å². The summed E-state index contributed by atoms with van der Waals surface area (Å²) in [5.74, 6) is 0.314. The van der Waals surface area contributed by atoms with Crippen LogP contribution in [0.15, 0.2) is 41.2 Å². The molecule has 0 radical (unpaired) electrons. The summed E-state index contributed by atoms with van der Waals surface area (Å²) in [4.78, 5) is 30.2. The van der Waals surface area contributed by atoms with Gasteiger partial charge in [0.25, 0.3) is 11.5 Å². The first-order chi connectivity index (χ1) is 13.0. The third-order valence-corrected chi connectivity index (χ3v) is 5.38. The second-order valence-electron chi connectivity index (χ2n) is 7.66. The van der Waals surface area contributed by atoms with Crippen molar-refractivity contribution in [2.45, 2.75) is 57.9 Å². The number of H-pyrrole nitrogens is 1. The molecule has 27 heavy (non-hydrogen) atoms. The van der Waals surface area contributed by atoms with Gasteiger partial charge in [-0.2, -0.15) is 0 Å². The van der Waals surface area contributed by atoms with Gasteiger partial charge >= 0.3 is 0 Å². The molecule has 3 rings (SSSR count). The Morgan fingerprint density at radius 2 is 1.93 bits per heavy atom. The molecule has 0 unspecified atom stereocenters. The Hall–Kier alpha value is -2.56. The van der Waals surface area contributed by atoms with Gasteiger partial charge in [0.05, 0.1) is 0 Å². The number of aryl methyl sites for hydroxylation is 1. The van der Waals surface area contributed by atoms with E-state index in [4.69, 9.17) is 0 Å². The summed E-state index contributed by atoms with van der Waals surface area (Å²) in [7, 11) is 0. The van der Waals surface area contributed by atoms with E-state index in [1.807, 2.05) is 36.9 Å². The summed E-state index contributed by atoms with van der Waals surface area (Å²) in [6.07, 6.45) is 4.75. The van der Waals surface area contributed by atoms with Gasteiger partial charge in [-0.25, -0.2) is 0 Å². The number of aromatic amines is 1. The smallest absolute Gasteiger partial charge is 0.261 e. The summed E-state index contributed by atoms with van der Waals surface area (Å²) in [5, 5.41) is 9.41. The van der Waals surface area contributed by atoms with Crippen molar-refractivity contribution in [2.24, 2.45) is 0 Å². The third-order valence-electron chi connectivity index (χ3n) is 5.38. The molecule has 1 fully saturated rings. The lowest BCUT2D eigenvalue weighted by Gasteiger charge is -2.36. The van der Waals surface area contributed by atoms with Crippen LogP contribution in [0.2, 0.25) is 0 Å². The number of likely N-dealkylation sites (tertiary alicyclic amines) is 1. The Labute approximate surface area is 160 Å². The normalized spacial score (nSPS) is 17.3. The van der Waals surface area contributed by atoms with Crippen LogP contribution in [0.1, 0.15) is 67.1 Å². The first kappa shape index (κ1) is 19.2. The zero-order valence-corrected chi connectivity index (χ0v) is 16.1. The Morgan fingerprint density at radius 1 is 1.19 bits per heavy atom. The molecule has 1 aliphatic heterocycles. The number of benzene rings is 1. The zero-order chi connectivity index (χ0) is 19.4. The lowest BCUT2D eigenvalue weighted by molar-refractivity contribution is 0.0600. The Bertz CT molecular complexity index is 839. The molecule has 0 saturated carbocycles. The van der Waals surface area contributed by atoms with E-state index in [2.05, 4.69) is 4.98 Å². The highest BCUT2D eigenvalue weighted by Crippen LogP contribution is 2.23. The fraction of sp³-hybridized carbons (Fsp3) is 0.455. The van der Waals surface area contributed by atoms with E-state index >= 15 is 0 Å². The highest BCUT2D eigenvalue weighted by atomic mass is 16.3. The highest BCUT2D eigenvalue weighted by Gasteiger charge is 2.28. The molecule has 0 aliphatic carbocycles. The van der Waals surface area contributed by atoms with Crippen molar-refractivity contribution >= 4 is 5.91 Å². The minimum Gasteiger partial charge on any atom is -0.508 e. The average Bonchev–Trinajstić information content (AvgIpc) is 2.67. The number of aromatic nitrogens is 1. The van der Waals surface area contributed by atoms with Crippen molar-refractivity contribution in [1.82, 2.24) is 9.88 Å². The number of amides is 1. The van der Waals surface area contributed by atoms with Crippen molar-refractivity contribution in [3.8, 4) is 5.75 Å². The Morgan fingerprint density at radius 3 is 2.59 bits per heavy atom. The summed E-state index contributed by atoms with van der Waals surface area (Å²) in [5.41, 5.74) is 1.92. The maximum Gasteiger partial charge on any atom is 0.261 e. The molecule has 0 spiro atoms. The van der Waals surface area contributed by atoms with Crippen LogP contribution in [0.25, 0.3) is 0 Å². The summed E-state index contributed by atoms with van der Waals surface area (Å²) in [6, 6.07) is 10.9.